The molecule has 2 rings (SSSR count). The molecule has 0 radical (unpaired) electrons. The van der Waals surface area contributed by atoms with Gasteiger partial charge in [-0.1, -0.05) is 6.07 Å². The number of carboxylic acids is 1. The maximum Gasteiger partial charge on any atom is 0.340 e. The fourth-order valence-electron chi connectivity index (χ4n) is 1.53. The van der Waals surface area contributed by atoms with Crippen LogP contribution in [0, 0.1) is 9.39 Å². The maximum absolute atomic E-state index is 13.4. The van der Waals surface area contributed by atoms with Crippen LogP contribution in [0.25, 0.3) is 0 Å². The molecule has 0 heterocycles. The van der Waals surface area contributed by atoms with E-state index in [-0.39, 0.29) is 11.3 Å². The van der Waals surface area contributed by atoms with Crippen LogP contribution in [0.5, 0.6) is 0 Å². The summed E-state index contributed by atoms with van der Waals surface area (Å²) < 4.78 is 14.5. The SMILES string of the molecule is O=C(O)c1c(F)cccc1Nc1ccc(I)cc1. The van der Waals surface area contributed by atoms with E-state index >= 15 is 0 Å². The lowest BCUT2D eigenvalue weighted by Crippen LogP contribution is -2.05. The van der Waals surface area contributed by atoms with Gasteiger partial charge in [0.2, 0.25) is 0 Å². The predicted octanol–water partition coefficient (Wildman–Crippen LogP) is 3.87. The van der Waals surface area contributed by atoms with E-state index in [1.54, 1.807) is 12.1 Å². The normalized spacial score (nSPS) is 10.1. The molecule has 0 saturated heterocycles. The molecule has 92 valence electrons. The molecule has 0 saturated carbocycles. The Balaban J connectivity index is 2.37. The van der Waals surface area contributed by atoms with Gasteiger partial charge in [0.05, 0.1) is 5.69 Å². The van der Waals surface area contributed by atoms with Crippen LogP contribution in [0.3, 0.4) is 0 Å². The van der Waals surface area contributed by atoms with Crippen LogP contribution in [0.4, 0.5) is 15.8 Å². The lowest BCUT2D eigenvalue weighted by Gasteiger charge is -2.10. The van der Waals surface area contributed by atoms with Gasteiger partial charge in [-0.05, 0) is 59.0 Å². The quantitative estimate of drug-likeness (QED) is 0.820. The molecule has 2 aromatic carbocycles. The van der Waals surface area contributed by atoms with Crippen molar-refractivity contribution >= 4 is 39.9 Å². The van der Waals surface area contributed by atoms with Gasteiger partial charge in [0, 0.05) is 9.26 Å². The Kier molecular flexibility index (Phi) is 3.81. The minimum absolute atomic E-state index is 0.240. The molecule has 0 aliphatic heterocycles. The van der Waals surface area contributed by atoms with Crippen molar-refractivity contribution in [1.82, 2.24) is 0 Å². The summed E-state index contributed by atoms with van der Waals surface area (Å²) in [6.45, 7) is 0. The van der Waals surface area contributed by atoms with Crippen molar-refractivity contribution in [2.45, 2.75) is 0 Å². The lowest BCUT2D eigenvalue weighted by atomic mass is 10.1. The maximum atomic E-state index is 13.4. The third-order valence-electron chi connectivity index (χ3n) is 2.35. The number of rotatable bonds is 3. The van der Waals surface area contributed by atoms with Gasteiger partial charge in [-0.15, -0.1) is 0 Å². The summed E-state index contributed by atoms with van der Waals surface area (Å²) >= 11 is 2.17. The van der Waals surface area contributed by atoms with Gasteiger partial charge in [-0.2, -0.15) is 0 Å². The second-order valence-corrected chi connectivity index (χ2v) is 4.85. The second kappa shape index (κ2) is 5.34. The van der Waals surface area contributed by atoms with Gasteiger partial charge in [-0.3, -0.25) is 0 Å². The van der Waals surface area contributed by atoms with Crippen LogP contribution in [-0.4, -0.2) is 11.1 Å². The molecular formula is C13H9FINO2. The molecule has 0 fully saturated rings. The monoisotopic (exact) mass is 357 g/mol. The molecule has 5 heteroatoms. The van der Waals surface area contributed by atoms with E-state index in [1.807, 2.05) is 12.1 Å². The van der Waals surface area contributed by atoms with Crippen LogP contribution in [0.1, 0.15) is 10.4 Å². The minimum Gasteiger partial charge on any atom is -0.478 e. The molecule has 0 atom stereocenters. The standard InChI is InChI=1S/C13H9FINO2/c14-10-2-1-3-11(12(10)13(17)18)16-9-6-4-8(15)5-7-9/h1-7,16H,(H,17,18). The number of halogens is 2. The summed E-state index contributed by atoms with van der Waals surface area (Å²) in [5.74, 6) is -2.04. The number of anilines is 2. The highest BCUT2D eigenvalue weighted by molar-refractivity contribution is 14.1. The van der Waals surface area contributed by atoms with Gasteiger partial charge in [-0.25, -0.2) is 9.18 Å². The smallest absolute Gasteiger partial charge is 0.340 e. The Morgan fingerprint density at radius 1 is 1.17 bits per heavy atom. The molecule has 0 aromatic heterocycles. The first-order valence-electron chi connectivity index (χ1n) is 5.12. The Labute approximate surface area is 117 Å². The van der Waals surface area contributed by atoms with Crippen LogP contribution in [0.15, 0.2) is 42.5 Å². The summed E-state index contributed by atoms with van der Waals surface area (Å²) in [5.41, 5.74) is 0.600. The molecule has 0 bridgehead atoms. The average molecular weight is 357 g/mol. The molecule has 2 aromatic rings. The fourth-order valence-corrected chi connectivity index (χ4v) is 1.89. The Bertz CT molecular complexity index is 584. The summed E-state index contributed by atoms with van der Waals surface area (Å²) in [7, 11) is 0. The van der Waals surface area contributed by atoms with Crippen LogP contribution < -0.4 is 5.32 Å². The van der Waals surface area contributed by atoms with Gasteiger partial charge in [0.1, 0.15) is 11.4 Å². The summed E-state index contributed by atoms with van der Waals surface area (Å²) in [6, 6.07) is 11.5. The minimum atomic E-state index is -1.29. The van der Waals surface area contributed by atoms with Crippen LogP contribution in [0.2, 0.25) is 0 Å². The van der Waals surface area contributed by atoms with Crippen molar-refractivity contribution in [1.29, 1.82) is 0 Å². The van der Waals surface area contributed by atoms with E-state index in [4.69, 9.17) is 5.11 Å². The Morgan fingerprint density at radius 3 is 2.44 bits per heavy atom. The number of nitrogens with one attached hydrogen (secondary N) is 1. The molecule has 0 unspecified atom stereocenters. The Hall–Kier alpha value is -1.63. The highest BCUT2D eigenvalue weighted by Gasteiger charge is 2.15. The number of benzene rings is 2. The molecule has 2 N–H and O–H groups in total. The molecule has 0 aliphatic carbocycles. The third kappa shape index (κ3) is 2.79. The zero-order chi connectivity index (χ0) is 13.1. The van der Waals surface area contributed by atoms with E-state index in [0.717, 1.165) is 9.64 Å². The molecular weight excluding hydrogens is 348 g/mol. The van der Waals surface area contributed by atoms with Crippen molar-refractivity contribution in [3.63, 3.8) is 0 Å². The topological polar surface area (TPSA) is 49.3 Å². The molecule has 3 nitrogen and oxygen atoms in total. The van der Waals surface area contributed by atoms with Gasteiger partial charge < -0.3 is 10.4 Å². The van der Waals surface area contributed by atoms with Gasteiger partial charge in [0.25, 0.3) is 0 Å². The summed E-state index contributed by atoms with van der Waals surface area (Å²) in [5, 5.41) is 11.9. The summed E-state index contributed by atoms with van der Waals surface area (Å²) in [6.07, 6.45) is 0. The van der Waals surface area contributed by atoms with Crippen LogP contribution >= 0.6 is 22.6 Å². The van der Waals surface area contributed by atoms with E-state index in [2.05, 4.69) is 27.9 Å². The second-order valence-electron chi connectivity index (χ2n) is 3.60. The number of hydrogen-bond acceptors (Lipinski definition) is 2. The molecule has 18 heavy (non-hydrogen) atoms. The van der Waals surface area contributed by atoms with Gasteiger partial charge in [0.15, 0.2) is 0 Å². The van der Waals surface area contributed by atoms with Crippen molar-refractivity contribution in [3.8, 4) is 0 Å². The van der Waals surface area contributed by atoms with Crippen LogP contribution in [-0.2, 0) is 0 Å². The van der Waals surface area contributed by atoms with E-state index in [0.29, 0.717) is 5.69 Å². The van der Waals surface area contributed by atoms with E-state index < -0.39 is 11.8 Å². The third-order valence-corrected chi connectivity index (χ3v) is 3.07. The molecule has 0 aliphatic rings. The zero-order valence-electron chi connectivity index (χ0n) is 9.15. The van der Waals surface area contributed by atoms with Crippen molar-refractivity contribution in [3.05, 3.63) is 57.4 Å². The van der Waals surface area contributed by atoms with Crippen molar-refractivity contribution < 1.29 is 14.3 Å². The highest BCUT2D eigenvalue weighted by atomic mass is 127. The lowest BCUT2D eigenvalue weighted by molar-refractivity contribution is 0.0693. The average Bonchev–Trinajstić information content (AvgIpc) is 2.32. The predicted molar refractivity (Wildman–Crippen MR) is 75.8 cm³/mol. The number of hydrogen-bond donors (Lipinski definition) is 2. The summed E-state index contributed by atoms with van der Waals surface area (Å²) in [4.78, 5) is 11.0. The first-order chi connectivity index (χ1) is 8.58. The van der Waals surface area contributed by atoms with Crippen molar-refractivity contribution in [2.24, 2.45) is 0 Å². The number of aromatic carboxylic acids is 1. The molecule has 0 amide bonds. The highest BCUT2D eigenvalue weighted by Crippen LogP contribution is 2.23. The van der Waals surface area contributed by atoms with E-state index in [9.17, 15) is 9.18 Å². The van der Waals surface area contributed by atoms with Crippen molar-refractivity contribution in [2.75, 3.05) is 5.32 Å². The number of carbonyl (C=O) groups is 1. The number of carboxylic acid groups (broad SMARTS) is 1. The first kappa shape index (κ1) is 12.8. The first-order valence-corrected chi connectivity index (χ1v) is 6.20. The van der Waals surface area contributed by atoms with Gasteiger partial charge >= 0.3 is 5.97 Å². The van der Waals surface area contributed by atoms with E-state index in [1.165, 1.54) is 12.1 Å². The largest absolute Gasteiger partial charge is 0.478 e. The Morgan fingerprint density at radius 2 is 1.83 bits per heavy atom. The fraction of sp³-hybridized carbons (Fsp3) is 0. The molecule has 0 spiro atoms. The zero-order valence-corrected chi connectivity index (χ0v) is 11.3.